The molecule has 0 saturated carbocycles. The lowest BCUT2D eigenvalue weighted by Crippen LogP contribution is -2.50. The molecule has 3 heterocycles. The van der Waals surface area contributed by atoms with Gasteiger partial charge in [0.05, 0.1) is 25.4 Å². The summed E-state index contributed by atoms with van der Waals surface area (Å²) in [6, 6.07) is 0. The molecule has 3 fully saturated rings. The highest BCUT2D eigenvalue weighted by atomic mass is 32.2. The zero-order valence-electron chi connectivity index (χ0n) is 34.9. The van der Waals surface area contributed by atoms with Gasteiger partial charge in [-0.05, 0) is 26.7 Å². The average molecular weight is 801 g/mol. The molecule has 0 aliphatic carbocycles. The predicted octanol–water partition coefficient (Wildman–Crippen LogP) is 11.7. The maximum absolute atomic E-state index is 12.9. The third kappa shape index (κ3) is 20.8. The Hall–Kier alpha value is -0.520. The van der Waals surface area contributed by atoms with Crippen LogP contribution in [0.1, 0.15) is 195 Å². The van der Waals surface area contributed by atoms with E-state index in [4.69, 9.17) is 28.4 Å². The molecule has 0 spiro atoms. The molecule has 4 bridgehead atoms. The van der Waals surface area contributed by atoms with Gasteiger partial charge < -0.3 is 28.4 Å². The highest BCUT2D eigenvalue weighted by molar-refractivity contribution is 8.00. The lowest BCUT2D eigenvalue weighted by Gasteiger charge is -2.41. The first-order chi connectivity index (χ1) is 26.4. The molecular formula is C44H80O8S2. The fraction of sp³-hybridized carbons (Fsp3) is 0.955. The second-order valence-corrected chi connectivity index (χ2v) is 18.7. The molecule has 0 unspecified atom stereocenters. The number of esters is 2. The molecule has 0 aromatic heterocycles. The summed E-state index contributed by atoms with van der Waals surface area (Å²) in [5.41, 5.74) is 0. The minimum Gasteiger partial charge on any atom is -0.458 e. The van der Waals surface area contributed by atoms with Crippen molar-refractivity contribution in [3.63, 3.8) is 0 Å². The van der Waals surface area contributed by atoms with E-state index in [1.807, 2.05) is 13.8 Å². The maximum Gasteiger partial charge on any atom is 0.306 e. The maximum atomic E-state index is 12.9. The molecule has 0 aromatic carbocycles. The summed E-state index contributed by atoms with van der Waals surface area (Å²) < 4.78 is 37.2. The lowest BCUT2D eigenvalue weighted by molar-refractivity contribution is -0.223. The Morgan fingerprint density at radius 1 is 0.500 bits per heavy atom. The first-order valence-electron chi connectivity index (χ1n) is 22.6. The molecule has 3 rings (SSSR count). The first kappa shape index (κ1) is 47.9. The van der Waals surface area contributed by atoms with E-state index in [1.54, 1.807) is 23.5 Å². The van der Waals surface area contributed by atoms with Gasteiger partial charge in [0, 0.05) is 47.7 Å². The topological polar surface area (TPSA) is 89.5 Å². The van der Waals surface area contributed by atoms with Crippen molar-refractivity contribution in [3.8, 4) is 0 Å². The van der Waals surface area contributed by atoms with Crippen LogP contribution in [0.3, 0.4) is 0 Å². The number of hydrogen-bond acceptors (Lipinski definition) is 10. The molecule has 8 nitrogen and oxygen atoms in total. The van der Waals surface area contributed by atoms with Crippen LogP contribution in [0.5, 0.6) is 0 Å². The second-order valence-electron chi connectivity index (χ2n) is 16.1. The van der Waals surface area contributed by atoms with Crippen LogP contribution < -0.4 is 0 Å². The Labute approximate surface area is 339 Å². The standard InChI is InChI=1S/C44H80O8S2/c1-5-7-9-11-13-15-17-19-21-23-25-27-39(45)51-43-35(3)49-41-33-37(43)53-31-29-48-42-34-38(54-32-30-47-41)44(36(4)50-42)52-40(46)28-26-24-22-20-18-16-14-12-10-8-6-2/h35-38,41-44H,5-34H2,1-4H3/t35-,36-,37-,38-,41-,42-,43-,44-/m0/s1. The molecule has 0 N–H and O–H groups in total. The molecule has 8 atom stereocenters. The number of hydrogen-bond donors (Lipinski definition) is 0. The van der Waals surface area contributed by atoms with Gasteiger partial charge in [0.2, 0.25) is 0 Å². The summed E-state index contributed by atoms with van der Waals surface area (Å²) >= 11 is 3.54. The van der Waals surface area contributed by atoms with Crippen LogP contribution >= 0.6 is 23.5 Å². The Balaban J connectivity index is 1.35. The van der Waals surface area contributed by atoms with Gasteiger partial charge in [-0.25, -0.2) is 0 Å². The molecule has 0 radical (unpaired) electrons. The third-order valence-corrected chi connectivity index (χ3v) is 13.8. The van der Waals surface area contributed by atoms with Crippen molar-refractivity contribution in [1.82, 2.24) is 0 Å². The van der Waals surface area contributed by atoms with Crippen molar-refractivity contribution in [2.75, 3.05) is 24.7 Å². The van der Waals surface area contributed by atoms with Crippen molar-refractivity contribution in [2.45, 2.75) is 242 Å². The van der Waals surface area contributed by atoms with E-state index in [0.29, 0.717) is 38.9 Å². The van der Waals surface area contributed by atoms with E-state index >= 15 is 0 Å². The molecular weight excluding hydrogens is 721 g/mol. The van der Waals surface area contributed by atoms with E-state index in [0.717, 1.165) is 37.2 Å². The molecule has 3 aliphatic heterocycles. The quantitative estimate of drug-likeness (QED) is 0.0622. The van der Waals surface area contributed by atoms with Crippen molar-refractivity contribution >= 4 is 35.5 Å². The number of carbonyl (C=O) groups is 2. The number of carbonyl (C=O) groups excluding carboxylic acids is 2. The van der Waals surface area contributed by atoms with Gasteiger partial charge in [0.25, 0.3) is 0 Å². The van der Waals surface area contributed by atoms with Gasteiger partial charge >= 0.3 is 11.9 Å². The van der Waals surface area contributed by atoms with Crippen LogP contribution in [0.4, 0.5) is 0 Å². The van der Waals surface area contributed by atoms with E-state index < -0.39 is 0 Å². The normalized spacial score (nSPS) is 27.9. The largest absolute Gasteiger partial charge is 0.458 e. The summed E-state index contributed by atoms with van der Waals surface area (Å²) in [5.74, 6) is 1.26. The van der Waals surface area contributed by atoms with E-state index in [1.165, 1.54) is 116 Å². The second kappa shape index (κ2) is 30.5. The zero-order chi connectivity index (χ0) is 38.6. The fourth-order valence-corrected chi connectivity index (χ4v) is 10.4. The fourth-order valence-electron chi connectivity index (χ4n) is 7.93. The van der Waals surface area contributed by atoms with Gasteiger partial charge in [0.1, 0.15) is 12.2 Å². The SMILES string of the molecule is CCCCCCCCCCCCCC(=O)O[C@H]1[C@H](C)O[C@H]2C[C@@H]1SCCO[C@@H]1C[C@H](SCCO2)[C@@H](OC(=O)CCCCCCCCCCCCC)[C@H](C)O1. The van der Waals surface area contributed by atoms with Gasteiger partial charge in [-0.3, -0.25) is 9.59 Å². The van der Waals surface area contributed by atoms with E-state index in [2.05, 4.69) is 13.8 Å². The smallest absolute Gasteiger partial charge is 0.306 e. The van der Waals surface area contributed by atoms with Crippen LogP contribution in [-0.2, 0) is 38.0 Å². The van der Waals surface area contributed by atoms with Gasteiger partial charge in [0.15, 0.2) is 12.6 Å². The summed E-state index contributed by atoms with van der Waals surface area (Å²) in [4.78, 5) is 25.9. The zero-order valence-corrected chi connectivity index (χ0v) is 36.5. The molecule has 0 aromatic rings. The van der Waals surface area contributed by atoms with Crippen LogP contribution in [-0.4, -0.2) is 84.2 Å². The average Bonchev–Trinajstić information content (AvgIpc) is 3.15. The van der Waals surface area contributed by atoms with E-state index in [-0.39, 0.29) is 59.4 Å². The summed E-state index contributed by atoms with van der Waals surface area (Å²) in [6.07, 6.45) is 28.1. The first-order valence-corrected chi connectivity index (χ1v) is 24.7. The van der Waals surface area contributed by atoms with Crippen LogP contribution in [0.15, 0.2) is 0 Å². The molecule has 3 aliphatic rings. The Morgan fingerprint density at radius 3 is 1.15 bits per heavy atom. The van der Waals surface area contributed by atoms with Crippen LogP contribution in [0, 0.1) is 0 Å². The number of unbranched alkanes of at least 4 members (excludes halogenated alkanes) is 20. The highest BCUT2D eigenvalue weighted by Gasteiger charge is 2.42. The Morgan fingerprint density at radius 2 is 0.815 bits per heavy atom. The monoisotopic (exact) mass is 801 g/mol. The van der Waals surface area contributed by atoms with Crippen molar-refractivity contribution in [2.24, 2.45) is 0 Å². The molecule has 3 saturated heterocycles. The minimum absolute atomic E-state index is 0.0716. The molecule has 0 amide bonds. The Kier molecular flexibility index (Phi) is 27.1. The number of fused-ring (bicyclic) bond motifs is 4. The molecule has 54 heavy (non-hydrogen) atoms. The van der Waals surface area contributed by atoms with Crippen molar-refractivity contribution in [3.05, 3.63) is 0 Å². The van der Waals surface area contributed by atoms with Crippen molar-refractivity contribution < 1.29 is 38.0 Å². The van der Waals surface area contributed by atoms with Crippen LogP contribution in [0.2, 0.25) is 0 Å². The molecule has 10 heteroatoms. The van der Waals surface area contributed by atoms with Gasteiger partial charge in [-0.15, -0.1) is 0 Å². The number of thioether (sulfide) groups is 2. The van der Waals surface area contributed by atoms with E-state index in [9.17, 15) is 9.59 Å². The summed E-state index contributed by atoms with van der Waals surface area (Å²) in [7, 11) is 0. The number of rotatable bonds is 26. The minimum atomic E-state index is -0.343. The highest BCUT2D eigenvalue weighted by Crippen LogP contribution is 2.36. The van der Waals surface area contributed by atoms with Crippen LogP contribution in [0.25, 0.3) is 0 Å². The van der Waals surface area contributed by atoms with Gasteiger partial charge in [-0.1, -0.05) is 142 Å². The third-order valence-electron chi connectivity index (χ3n) is 11.2. The summed E-state index contributed by atoms with van der Waals surface area (Å²) in [5, 5.41) is 0.143. The summed E-state index contributed by atoms with van der Waals surface area (Å²) in [6.45, 7) is 9.57. The lowest BCUT2D eigenvalue weighted by atomic mass is 10.0. The number of ether oxygens (including phenoxy) is 6. The molecule has 316 valence electrons. The Bertz CT molecular complexity index is 882. The predicted molar refractivity (Wildman–Crippen MR) is 224 cm³/mol. The van der Waals surface area contributed by atoms with Gasteiger partial charge in [-0.2, -0.15) is 23.5 Å². The van der Waals surface area contributed by atoms with Crippen molar-refractivity contribution in [1.29, 1.82) is 0 Å².